The van der Waals surface area contributed by atoms with Crippen molar-refractivity contribution >= 4 is 34.2 Å². The zero-order valence-corrected chi connectivity index (χ0v) is 16.9. The molecule has 28 heavy (non-hydrogen) atoms. The molecule has 0 atom stereocenters. The van der Waals surface area contributed by atoms with Gasteiger partial charge in [-0.3, -0.25) is 18.7 Å². The summed E-state index contributed by atoms with van der Waals surface area (Å²) in [6, 6.07) is 6.99. The number of nitrogens with one attached hydrogen (secondary N) is 1. The van der Waals surface area contributed by atoms with Crippen LogP contribution in [0.15, 0.2) is 40.1 Å². The highest BCUT2D eigenvalue weighted by molar-refractivity contribution is 6.30. The fraction of sp³-hybridized carbons (Fsp3) is 0.300. The van der Waals surface area contributed by atoms with E-state index in [-0.39, 0.29) is 29.3 Å². The van der Waals surface area contributed by atoms with Gasteiger partial charge in [0.1, 0.15) is 5.39 Å². The fourth-order valence-corrected chi connectivity index (χ4v) is 3.21. The monoisotopic (exact) mass is 400 g/mol. The third-order valence-electron chi connectivity index (χ3n) is 4.66. The van der Waals surface area contributed by atoms with Gasteiger partial charge in [0.2, 0.25) is 5.91 Å². The van der Waals surface area contributed by atoms with E-state index >= 15 is 0 Å². The van der Waals surface area contributed by atoms with Crippen molar-refractivity contribution in [1.82, 2.24) is 14.1 Å². The van der Waals surface area contributed by atoms with Gasteiger partial charge in [0.05, 0.1) is 12.1 Å². The summed E-state index contributed by atoms with van der Waals surface area (Å²) in [6.07, 6.45) is 1.73. The average Bonchev–Trinajstić information content (AvgIpc) is 2.65. The van der Waals surface area contributed by atoms with Crippen LogP contribution in [0.3, 0.4) is 0 Å². The molecule has 1 aromatic carbocycles. The molecule has 0 aliphatic carbocycles. The van der Waals surface area contributed by atoms with Crippen molar-refractivity contribution < 1.29 is 4.79 Å². The smallest absolute Gasteiger partial charge is 0.325 e. The summed E-state index contributed by atoms with van der Waals surface area (Å²) >= 11 is 5.89. The SMILES string of the molecule is CC(C)c1cnc2c(c1NC(=O)Cc1ccc(Cl)cc1)c(=O)n(C)c(=O)n2C. The number of nitrogens with zero attached hydrogens (tertiary/aromatic N) is 3. The van der Waals surface area contributed by atoms with Gasteiger partial charge >= 0.3 is 5.69 Å². The minimum absolute atomic E-state index is 0.0182. The lowest BCUT2D eigenvalue weighted by atomic mass is 10.0. The molecule has 0 saturated carbocycles. The quantitative estimate of drug-likeness (QED) is 0.729. The largest absolute Gasteiger partial charge is 0.332 e. The van der Waals surface area contributed by atoms with Crippen molar-refractivity contribution in [2.45, 2.75) is 26.2 Å². The van der Waals surface area contributed by atoms with E-state index in [2.05, 4.69) is 10.3 Å². The summed E-state index contributed by atoms with van der Waals surface area (Å²) in [6.45, 7) is 3.90. The van der Waals surface area contributed by atoms with E-state index in [4.69, 9.17) is 11.6 Å². The molecule has 146 valence electrons. The standard InChI is InChI=1S/C20H21ClN4O3/c1-11(2)14-10-22-18-16(19(27)25(4)20(28)24(18)3)17(14)23-15(26)9-12-5-7-13(21)8-6-12/h5-8,10-11H,9H2,1-4H3,(H,22,23,26). The van der Waals surface area contributed by atoms with Crippen LogP contribution in [0.1, 0.15) is 30.9 Å². The molecule has 0 aliphatic heterocycles. The molecule has 0 spiro atoms. The lowest BCUT2D eigenvalue weighted by Crippen LogP contribution is -2.38. The number of rotatable bonds is 4. The molecule has 7 nitrogen and oxygen atoms in total. The Balaban J connectivity index is 2.13. The minimum Gasteiger partial charge on any atom is -0.325 e. The number of anilines is 1. The Morgan fingerprint density at radius 2 is 1.79 bits per heavy atom. The molecule has 2 aromatic heterocycles. The van der Waals surface area contributed by atoms with E-state index in [0.29, 0.717) is 10.7 Å². The number of aryl methyl sites for hydroxylation is 1. The molecule has 3 rings (SSSR count). The molecule has 0 unspecified atom stereocenters. The number of aromatic nitrogens is 3. The van der Waals surface area contributed by atoms with E-state index in [1.807, 2.05) is 13.8 Å². The summed E-state index contributed by atoms with van der Waals surface area (Å²) in [5, 5.41) is 3.69. The summed E-state index contributed by atoms with van der Waals surface area (Å²) in [7, 11) is 2.96. The lowest BCUT2D eigenvalue weighted by Gasteiger charge is -2.17. The number of pyridine rings is 1. The number of fused-ring (bicyclic) bond motifs is 1. The Morgan fingerprint density at radius 1 is 1.14 bits per heavy atom. The van der Waals surface area contributed by atoms with Gasteiger partial charge in [-0.15, -0.1) is 0 Å². The molecule has 1 amide bonds. The molecule has 1 N–H and O–H groups in total. The summed E-state index contributed by atoms with van der Waals surface area (Å²) in [4.78, 5) is 42.0. The van der Waals surface area contributed by atoms with Crippen LogP contribution in [0.2, 0.25) is 5.02 Å². The highest BCUT2D eigenvalue weighted by atomic mass is 35.5. The van der Waals surface area contributed by atoms with Crippen LogP contribution in [0.5, 0.6) is 0 Å². The first-order chi connectivity index (χ1) is 13.2. The second-order valence-corrected chi connectivity index (χ2v) is 7.44. The number of hydrogen-bond donors (Lipinski definition) is 1. The number of amides is 1. The van der Waals surface area contributed by atoms with Crippen molar-refractivity contribution in [2.75, 3.05) is 5.32 Å². The van der Waals surface area contributed by atoms with Gasteiger partial charge in [-0.2, -0.15) is 0 Å². The highest BCUT2D eigenvalue weighted by Crippen LogP contribution is 2.28. The maximum absolute atomic E-state index is 12.8. The Labute approximate surface area is 166 Å². The van der Waals surface area contributed by atoms with E-state index in [1.54, 1.807) is 37.5 Å². The maximum Gasteiger partial charge on any atom is 0.332 e. The van der Waals surface area contributed by atoms with Gasteiger partial charge in [0.15, 0.2) is 5.65 Å². The van der Waals surface area contributed by atoms with Crippen LogP contribution in [-0.2, 0) is 25.3 Å². The zero-order valence-electron chi connectivity index (χ0n) is 16.1. The lowest BCUT2D eigenvalue weighted by molar-refractivity contribution is -0.115. The molecule has 3 aromatic rings. The number of hydrogen-bond acceptors (Lipinski definition) is 4. The summed E-state index contributed by atoms with van der Waals surface area (Å²) in [5.41, 5.74) is 1.20. The van der Waals surface area contributed by atoms with Crippen molar-refractivity contribution in [3.63, 3.8) is 0 Å². The summed E-state index contributed by atoms with van der Waals surface area (Å²) in [5.74, 6) is -0.252. The van der Waals surface area contributed by atoms with Gasteiger partial charge in [-0.1, -0.05) is 37.6 Å². The first-order valence-corrected chi connectivity index (χ1v) is 9.21. The van der Waals surface area contributed by atoms with Crippen molar-refractivity contribution in [3.8, 4) is 0 Å². The third-order valence-corrected chi connectivity index (χ3v) is 4.91. The van der Waals surface area contributed by atoms with Gasteiger partial charge in [-0.05, 0) is 29.2 Å². The van der Waals surface area contributed by atoms with Crippen LogP contribution in [0.25, 0.3) is 11.0 Å². The average molecular weight is 401 g/mol. The minimum atomic E-state index is -0.491. The van der Waals surface area contributed by atoms with Crippen molar-refractivity contribution in [1.29, 1.82) is 0 Å². The Morgan fingerprint density at radius 3 is 2.39 bits per heavy atom. The number of benzene rings is 1. The van der Waals surface area contributed by atoms with Gasteiger partial charge in [0, 0.05) is 25.3 Å². The van der Waals surface area contributed by atoms with E-state index in [0.717, 1.165) is 15.7 Å². The number of carbonyl (C=O) groups is 1. The molecule has 0 saturated heterocycles. The zero-order chi connectivity index (χ0) is 20.6. The number of carbonyl (C=O) groups excluding carboxylic acids is 1. The third kappa shape index (κ3) is 3.57. The van der Waals surface area contributed by atoms with Gasteiger partial charge < -0.3 is 5.32 Å². The summed E-state index contributed by atoms with van der Waals surface area (Å²) < 4.78 is 2.32. The Hall–Kier alpha value is -2.93. The van der Waals surface area contributed by atoms with Crippen LogP contribution in [-0.4, -0.2) is 20.0 Å². The van der Waals surface area contributed by atoms with E-state index < -0.39 is 11.2 Å². The molecule has 0 radical (unpaired) electrons. The highest BCUT2D eigenvalue weighted by Gasteiger charge is 2.20. The van der Waals surface area contributed by atoms with Crippen LogP contribution in [0.4, 0.5) is 5.69 Å². The van der Waals surface area contributed by atoms with E-state index in [1.165, 1.54) is 11.6 Å². The van der Waals surface area contributed by atoms with Gasteiger partial charge in [-0.25, -0.2) is 9.78 Å². The molecular formula is C20H21ClN4O3. The van der Waals surface area contributed by atoms with Crippen molar-refractivity contribution in [2.24, 2.45) is 14.1 Å². The molecule has 8 heteroatoms. The van der Waals surface area contributed by atoms with Crippen LogP contribution >= 0.6 is 11.6 Å². The molecule has 2 heterocycles. The van der Waals surface area contributed by atoms with Crippen LogP contribution in [0, 0.1) is 0 Å². The predicted octanol–water partition coefficient (Wildman–Crippen LogP) is 2.59. The molecular weight excluding hydrogens is 380 g/mol. The number of halogens is 1. The van der Waals surface area contributed by atoms with Gasteiger partial charge in [0.25, 0.3) is 5.56 Å². The molecule has 0 bridgehead atoms. The Kier molecular flexibility index (Phi) is 5.38. The second-order valence-electron chi connectivity index (χ2n) is 7.00. The van der Waals surface area contributed by atoms with Crippen molar-refractivity contribution in [3.05, 3.63) is 67.4 Å². The second kappa shape index (κ2) is 7.59. The predicted molar refractivity (Wildman–Crippen MR) is 110 cm³/mol. The first-order valence-electron chi connectivity index (χ1n) is 8.83. The maximum atomic E-state index is 12.8. The Bertz CT molecular complexity index is 1180. The molecule has 0 aliphatic rings. The van der Waals surface area contributed by atoms with Crippen LogP contribution < -0.4 is 16.6 Å². The fourth-order valence-electron chi connectivity index (χ4n) is 3.09. The first kappa shape index (κ1) is 19.8. The van der Waals surface area contributed by atoms with E-state index in [9.17, 15) is 14.4 Å². The topological polar surface area (TPSA) is 86.0 Å². The normalized spacial score (nSPS) is 11.2. The molecule has 0 fully saturated rings.